The van der Waals surface area contributed by atoms with E-state index in [4.69, 9.17) is 16.3 Å². The van der Waals surface area contributed by atoms with Gasteiger partial charge >= 0.3 is 17.9 Å². The van der Waals surface area contributed by atoms with Gasteiger partial charge < -0.3 is 14.2 Å². The van der Waals surface area contributed by atoms with Gasteiger partial charge in [0, 0.05) is 11.1 Å². The fourth-order valence-corrected chi connectivity index (χ4v) is 2.68. The number of carbonyl (C=O) groups excluding carboxylic acids is 3. The van der Waals surface area contributed by atoms with Crippen molar-refractivity contribution >= 4 is 29.5 Å². The third kappa shape index (κ3) is 4.01. The second kappa shape index (κ2) is 8.50. The molecular formula is C18H16ClNO7. The molecule has 1 aromatic carbocycles. The SMILES string of the molecule is COC(=O)c1cc(=O)n(Cc2ccccc2Cl)c(C(=O)OC)c1C(=O)OC. The number of rotatable bonds is 5. The van der Waals surface area contributed by atoms with Crippen molar-refractivity contribution in [1.82, 2.24) is 4.57 Å². The molecule has 142 valence electrons. The Morgan fingerprint density at radius 1 is 0.963 bits per heavy atom. The highest BCUT2D eigenvalue weighted by molar-refractivity contribution is 6.31. The number of carbonyl (C=O) groups is 3. The highest BCUT2D eigenvalue weighted by atomic mass is 35.5. The van der Waals surface area contributed by atoms with Crippen LogP contribution in [-0.2, 0) is 20.8 Å². The zero-order valence-electron chi connectivity index (χ0n) is 14.8. The molecule has 0 unspecified atom stereocenters. The van der Waals surface area contributed by atoms with Crippen molar-refractivity contribution in [3.05, 3.63) is 68.1 Å². The fraction of sp³-hybridized carbons (Fsp3) is 0.222. The highest BCUT2D eigenvalue weighted by Crippen LogP contribution is 2.21. The Bertz CT molecular complexity index is 965. The van der Waals surface area contributed by atoms with E-state index in [2.05, 4.69) is 9.47 Å². The zero-order chi connectivity index (χ0) is 20.1. The summed E-state index contributed by atoms with van der Waals surface area (Å²) in [4.78, 5) is 49.4. The van der Waals surface area contributed by atoms with Gasteiger partial charge in [-0.25, -0.2) is 14.4 Å². The summed E-state index contributed by atoms with van der Waals surface area (Å²) in [5, 5.41) is 0.358. The number of pyridine rings is 1. The molecule has 0 saturated heterocycles. The largest absolute Gasteiger partial charge is 0.465 e. The monoisotopic (exact) mass is 393 g/mol. The molecule has 0 radical (unpaired) electrons. The number of aromatic nitrogens is 1. The van der Waals surface area contributed by atoms with Crippen LogP contribution in [0.25, 0.3) is 0 Å². The molecule has 0 atom stereocenters. The molecular weight excluding hydrogens is 378 g/mol. The summed E-state index contributed by atoms with van der Waals surface area (Å²) < 4.78 is 15.0. The van der Waals surface area contributed by atoms with E-state index >= 15 is 0 Å². The van der Waals surface area contributed by atoms with Crippen LogP contribution >= 0.6 is 11.6 Å². The van der Waals surface area contributed by atoms with Gasteiger partial charge in [-0.05, 0) is 11.6 Å². The predicted octanol–water partition coefficient (Wildman–Crippen LogP) is 1.91. The van der Waals surface area contributed by atoms with Crippen LogP contribution in [0.5, 0.6) is 0 Å². The van der Waals surface area contributed by atoms with Gasteiger partial charge in [0.25, 0.3) is 5.56 Å². The summed E-state index contributed by atoms with van der Waals surface area (Å²) in [5.74, 6) is -2.96. The average Bonchev–Trinajstić information content (AvgIpc) is 2.68. The van der Waals surface area contributed by atoms with Crippen LogP contribution < -0.4 is 5.56 Å². The lowest BCUT2D eigenvalue weighted by Crippen LogP contribution is -2.32. The Hall–Kier alpha value is -3.13. The number of halogens is 1. The van der Waals surface area contributed by atoms with Crippen LogP contribution in [0.3, 0.4) is 0 Å². The van der Waals surface area contributed by atoms with Crippen LogP contribution in [0, 0.1) is 0 Å². The molecule has 9 heteroatoms. The quantitative estimate of drug-likeness (QED) is 0.564. The molecule has 0 aliphatic carbocycles. The molecule has 1 aromatic heterocycles. The summed E-state index contributed by atoms with van der Waals surface area (Å²) in [6, 6.07) is 7.58. The van der Waals surface area contributed by atoms with Gasteiger partial charge in [0.1, 0.15) is 11.3 Å². The molecule has 0 aliphatic heterocycles. The number of esters is 3. The van der Waals surface area contributed by atoms with E-state index in [-0.39, 0.29) is 6.54 Å². The molecule has 1 heterocycles. The van der Waals surface area contributed by atoms with E-state index in [0.717, 1.165) is 32.0 Å². The van der Waals surface area contributed by atoms with E-state index < -0.39 is 40.3 Å². The minimum Gasteiger partial charge on any atom is -0.465 e. The van der Waals surface area contributed by atoms with Crippen molar-refractivity contribution in [2.24, 2.45) is 0 Å². The minimum absolute atomic E-state index is 0.131. The highest BCUT2D eigenvalue weighted by Gasteiger charge is 2.31. The maximum absolute atomic E-state index is 12.6. The van der Waals surface area contributed by atoms with Crippen molar-refractivity contribution in [2.75, 3.05) is 21.3 Å². The molecule has 2 aromatic rings. The van der Waals surface area contributed by atoms with Crippen molar-refractivity contribution in [3.63, 3.8) is 0 Å². The summed E-state index contributed by atoms with van der Waals surface area (Å²) in [6.45, 7) is -0.131. The predicted molar refractivity (Wildman–Crippen MR) is 95.3 cm³/mol. The molecule has 27 heavy (non-hydrogen) atoms. The average molecular weight is 394 g/mol. The maximum Gasteiger partial charge on any atom is 0.355 e. The lowest BCUT2D eigenvalue weighted by Gasteiger charge is -2.17. The third-order valence-corrected chi connectivity index (χ3v) is 4.14. The normalized spacial score (nSPS) is 10.2. The van der Waals surface area contributed by atoms with Gasteiger partial charge in [-0.1, -0.05) is 29.8 Å². The van der Waals surface area contributed by atoms with Gasteiger partial charge in [0.2, 0.25) is 0 Å². The lowest BCUT2D eigenvalue weighted by atomic mass is 10.0. The molecule has 0 N–H and O–H groups in total. The molecule has 0 bridgehead atoms. The van der Waals surface area contributed by atoms with Crippen molar-refractivity contribution in [3.8, 4) is 0 Å². The molecule has 0 spiro atoms. The van der Waals surface area contributed by atoms with Gasteiger partial charge in [-0.3, -0.25) is 9.36 Å². The first-order chi connectivity index (χ1) is 12.8. The van der Waals surface area contributed by atoms with Crippen molar-refractivity contribution < 1.29 is 28.6 Å². The number of methoxy groups -OCH3 is 3. The second-order valence-corrected chi connectivity index (χ2v) is 5.68. The van der Waals surface area contributed by atoms with Crippen molar-refractivity contribution in [1.29, 1.82) is 0 Å². The first-order valence-electron chi connectivity index (χ1n) is 7.61. The fourth-order valence-electron chi connectivity index (χ4n) is 2.49. The Balaban J connectivity index is 2.85. The first-order valence-corrected chi connectivity index (χ1v) is 7.99. The van der Waals surface area contributed by atoms with Crippen LogP contribution in [0.2, 0.25) is 5.02 Å². The van der Waals surface area contributed by atoms with E-state index in [1.165, 1.54) is 0 Å². The van der Waals surface area contributed by atoms with Gasteiger partial charge in [0.15, 0.2) is 0 Å². The first kappa shape index (κ1) is 20.2. The van der Waals surface area contributed by atoms with E-state index in [1.54, 1.807) is 24.3 Å². The number of nitrogens with zero attached hydrogens (tertiary/aromatic N) is 1. The van der Waals surface area contributed by atoms with Crippen LogP contribution in [0.1, 0.15) is 36.8 Å². The lowest BCUT2D eigenvalue weighted by molar-refractivity contribution is 0.0526. The molecule has 0 aliphatic rings. The summed E-state index contributed by atoms with van der Waals surface area (Å²) in [6.07, 6.45) is 0. The third-order valence-electron chi connectivity index (χ3n) is 3.77. The Labute approximate surface area is 159 Å². The number of benzene rings is 1. The Morgan fingerprint density at radius 2 is 1.56 bits per heavy atom. The second-order valence-electron chi connectivity index (χ2n) is 5.27. The van der Waals surface area contributed by atoms with E-state index in [0.29, 0.717) is 10.6 Å². The van der Waals surface area contributed by atoms with E-state index in [9.17, 15) is 19.2 Å². The van der Waals surface area contributed by atoms with Crippen LogP contribution in [0.15, 0.2) is 35.1 Å². The van der Waals surface area contributed by atoms with Gasteiger partial charge in [-0.15, -0.1) is 0 Å². The van der Waals surface area contributed by atoms with Gasteiger partial charge in [0.05, 0.1) is 33.4 Å². The number of ether oxygens (including phenoxy) is 3. The smallest absolute Gasteiger partial charge is 0.355 e. The number of hydrogen-bond acceptors (Lipinski definition) is 7. The molecule has 0 amide bonds. The van der Waals surface area contributed by atoms with Crippen LogP contribution in [0.4, 0.5) is 0 Å². The van der Waals surface area contributed by atoms with Crippen molar-refractivity contribution in [2.45, 2.75) is 6.54 Å². The molecule has 8 nitrogen and oxygen atoms in total. The standard InChI is InChI=1S/C18H16ClNO7/c1-25-16(22)11-8-13(21)20(9-10-6-4-5-7-12(10)19)15(18(24)27-3)14(11)17(23)26-2/h4-8H,9H2,1-3H3. The molecule has 2 rings (SSSR count). The van der Waals surface area contributed by atoms with E-state index in [1.807, 2.05) is 0 Å². The summed E-state index contributed by atoms with van der Waals surface area (Å²) >= 11 is 6.13. The summed E-state index contributed by atoms with van der Waals surface area (Å²) in [7, 11) is 3.24. The Kier molecular flexibility index (Phi) is 6.36. The molecule has 0 fully saturated rings. The Morgan fingerprint density at radius 3 is 2.11 bits per heavy atom. The maximum atomic E-state index is 12.6. The van der Waals surface area contributed by atoms with Gasteiger partial charge in [-0.2, -0.15) is 0 Å². The molecule has 0 saturated carbocycles. The summed E-state index contributed by atoms with van der Waals surface area (Å²) in [5.41, 5.74) is -1.46. The number of hydrogen-bond donors (Lipinski definition) is 0. The zero-order valence-corrected chi connectivity index (χ0v) is 15.5. The topological polar surface area (TPSA) is 101 Å². The minimum atomic E-state index is -0.997. The van der Waals surface area contributed by atoms with Crippen LogP contribution in [-0.4, -0.2) is 43.8 Å².